The Kier molecular flexibility index (Phi) is 1.96. The van der Waals surface area contributed by atoms with Crippen LogP contribution in [0, 0.1) is 0 Å². The van der Waals surface area contributed by atoms with Crippen LogP contribution in [0.4, 0.5) is 5.69 Å². The Bertz CT molecular complexity index is 268. The molecule has 0 atom stereocenters. The fourth-order valence-electron chi connectivity index (χ4n) is 1.13. The van der Waals surface area contributed by atoms with Crippen molar-refractivity contribution in [1.82, 2.24) is 10.3 Å². The molecule has 0 saturated heterocycles. The summed E-state index contributed by atoms with van der Waals surface area (Å²) in [6.07, 6.45) is 4.37. The minimum Gasteiger partial charge on any atom is -0.397 e. The van der Waals surface area contributed by atoms with Crippen LogP contribution in [0.1, 0.15) is 18.5 Å². The number of nitrogens with zero attached hydrogens (tertiary/aromatic N) is 1. The Morgan fingerprint density at radius 1 is 1.58 bits per heavy atom. The van der Waals surface area contributed by atoms with E-state index in [9.17, 15) is 0 Å². The summed E-state index contributed by atoms with van der Waals surface area (Å²) in [4.78, 5) is 4.19. The van der Waals surface area contributed by atoms with E-state index in [1.807, 2.05) is 12.1 Å². The normalized spacial score (nSPS) is 16.3. The summed E-state index contributed by atoms with van der Waals surface area (Å²) in [5.74, 6) is 0. The van der Waals surface area contributed by atoms with Gasteiger partial charge in [-0.05, 0) is 25.0 Å². The molecule has 0 unspecified atom stereocenters. The van der Waals surface area contributed by atoms with Crippen LogP contribution in [-0.4, -0.2) is 11.0 Å². The van der Waals surface area contributed by atoms with Crippen LogP contribution in [0.2, 0.25) is 0 Å². The van der Waals surface area contributed by atoms with Crippen molar-refractivity contribution in [3.63, 3.8) is 0 Å². The van der Waals surface area contributed by atoms with Crippen molar-refractivity contribution < 1.29 is 0 Å². The van der Waals surface area contributed by atoms with Crippen LogP contribution in [0.25, 0.3) is 0 Å². The molecule has 0 aromatic carbocycles. The second-order valence-corrected chi connectivity index (χ2v) is 3.19. The van der Waals surface area contributed by atoms with E-state index < -0.39 is 0 Å². The highest BCUT2D eigenvalue weighted by molar-refractivity contribution is 5.41. The lowest BCUT2D eigenvalue weighted by Crippen LogP contribution is -2.17. The summed E-state index contributed by atoms with van der Waals surface area (Å²) in [5.41, 5.74) is 7.47. The molecule has 0 radical (unpaired) electrons. The first-order chi connectivity index (χ1) is 5.86. The van der Waals surface area contributed by atoms with Gasteiger partial charge < -0.3 is 11.1 Å². The number of nitrogens with one attached hydrogen (secondary N) is 1. The molecule has 1 saturated carbocycles. The third kappa shape index (κ3) is 1.74. The van der Waals surface area contributed by atoms with Gasteiger partial charge in [-0.15, -0.1) is 0 Å². The number of aromatic nitrogens is 1. The smallest absolute Gasteiger partial charge is 0.0770 e. The SMILES string of the molecule is Nc1cccnc1CNC1CC1. The average Bonchev–Trinajstić information content (AvgIpc) is 2.86. The second-order valence-electron chi connectivity index (χ2n) is 3.19. The number of nitrogens with two attached hydrogens (primary N) is 1. The zero-order valence-corrected chi connectivity index (χ0v) is 6.96. The molecule has 1 aliphatic carbocycles. The van der Waals surface area contributed by atoms with Gasteiger partial charge in [-0.25, -0.2) is 0 Å². The first-order valence-corrected chi connectivity index (χ1v) is 4.29. The Morgan fingerprint density at radius 3 is 3.08 bits per heavy atom. The third-order valence-corrected chi connectivity index (χ3v) is 2.06. The van der Waals surface area contributed by atoms with Crippen molar-refractivity contribution in [3.05, 3.63) is 24.0 Å². The third-order valence-electron chi connectivity index (χ3n) is 2.06. The molecular weight excluding hydrogens is 150 g/mol. The number of pyridine rings is 1. The van der Waals surface area contributed by atoms with Gasteiger partial charge in [0, 0.05) is 18.8 Å². The number of nitrogen functional groups attached to an aromatic ring is 1. The molecule has 1 aliphatic rings. The van der Waals surface area contributed by atoms with Crippen molar-refractivity contribution in [2.75, 3.05) is 5.73 Å². The van der Waals surface area contributed by atoms with Crippen molar-refractivity contribution in [2.45, 2.75) is 25.4 Å². The molecule has 12 heavy (non-hydrogen) atoms. The summed E-state index contributed by atoms with van der Waals surface area (Å²) >= 11 is 0. The minimum absolute atomic E-state index is 0.714. The van der Waals surface area contributed by atoms with Gasteiger partial charge in [-0.1, -0.05) is 0 Å². The fraction of sp³-hybridized carbons (Fsp3) is 0.444. The van der Waals surface area contributed by atoms with Gasteiger partial charge in [-0.3, -0.25) is 4.98 Å². The van der Waals surface area contributed by atoms with Crippen LogP contribution in [0.5, 0.6) is 0 Å². The summed E-state index contributed by atoms with van der Waals surface area (Å²) in [5, 5.41) is 3.37. The van der Waals surface area contributed by atoms with E-state index in [1.54, 1.807) is 6.20 Å². The molecule has 3 heteroatoms. The Morgan fingerprint density at radius 2 is 2.42 bits per heavy atom. The van der Waals surface area contributed by atoms with Gasteiger partial charge in [0.05, 0.1) is 11.4 Å². The topological polar surface area (TPSA) is 50.9 Å². The van der Waals surface area contributed by atoms with E-state index in [0.717, 1.165) is 17.9 Å². The monoisotopic (exact) mass is 163 g/mol. The van der Waals surface area contributed by atoms with E-state index >= 15 is 0 Å². The highest BCUT2D eigenvalue weighted by Gasteiger charge is 2.20. The Balaban J connectivity index is 1.96. The molecule has 3 nitrogen and oxygen atoms in total. The zero-order chi connectivity index (χ0) is 8.39. The fourth-order valence-corrected chi connectivity index (χ4v) is 1.13. The second kappa shape index (κ2) is 3.11. The summed E-state index contributed by atoms with van der Waals surface area (Å²) in [6, 6.07) is 4.46. The molecule has 0 bridgehead atoms. The number of rotatable bonds is 3. The van der Waals surface area contributed by atoms with Gasteiger partial charge in [0.2, 0.25) is 0 Å². The predicted molar refractivity (Wildman–Crippen MR) is 48.5 cm³/mol. The average molecular weight is 163 g/mol. The van der Waals surface area contributed by atoms with Gasteiger partial charge in [0.25, 0.3) is 0 Å². The lowest BCUT2D eigenvalue weighted by atomic mass is 10.3. The van der Waals surface area contributed by atoms with E-state index in [0.29, 0.717) is 6.04 Å². The molecule has 0 aliphatic heterocycles. The van der Waals surface area contributed by atoms with Crippen LogP contribution in [0.3, 0.4) is 0 Å². The van der Waals surface area contributed by atoms with Gasteiger partial charge >= 0.3 is 0 Å². The lowest BCUT2D eigenvalue weighted by molar-refractivity contribution is 0.676. The highest BCUT2D eigenvalue weighted by atomic mass is 15.0. The van der Waals surface area contributed by atoms with Crippen molar-refractivity contribution in [3.8, 4) is 0 Å². The molecule has 1 heterocycles. The maximum Gasteiger partial charge on any atom is 0.0770 e. The molecule has 1 aromatic rings. The Hall–Kier alpha value is -1.09. The van der Waals surface area contributed by atoms with Crippen molar-refractivity contribution >= 4 is 5.69 Å². The first kappa shape index (κ1) is 7.55. The zero-order valence-electron chi connectivity index (χ0n) is 6.96. The van der Waals surface area contributed by atoms with Gasteiger partial charge in [0.15, 0.2) is 0 Å². The number of anilines is 1. The molecular formula is C9H13N3. The minimum atomic E-state index is 0.714. The summed E-state index contributed by atoms with van der Waals surface area (Å²) < 4.78 is 0. The first-order valence-electron chi connectivity index (χ1n) is 4.29. The molecule has 1 fully saturated rings. The molecule has 3 N–H and O–H groups in total. The molecule has 0 spiro atoms. The van der Waals surface area contributed by atoms with Gasteiger partial charge in [-0.2, -0.15) is 0 Å². The van der Waals surface area contributed by atoms with E-state index in [-0.39, 0.29) is 0 Å². The van der Waals surface area contributed by atoms with Crippen LogP contribution in [0.15, 0.2) is 18.3 Å². The van der Waals surface area contributed by atoms with Gasteiger partial charge in [0.1, 0.15) is 0 Å². The predicted octanol–water partition coefficient (Wildman–Crippen LogP) is 0.916. The number of hydrogen-bond acceptors (Lipinski definition) is 3. The maximum absolute atomic E-state index is 5.72. The summed E-state index contributed by atoms with van der Waals surface area (Å²) in [6.45, 7) is 0.803. The van der Waals surface area contributed by atoms with E-state index in [1.165, 1.54) is 12.8 Å². The largest absolute Gasteiger partial charge is 0.397 e. The maximum atomic E-state index is 5.72. The van der Waals surface area contributed by atoms with E-state index in [4.69, 9.17) is 5.73 Å². The highest BCUT2D eigenvalue weighted by Crippen LogP contribution is 2.19. The van der Waals surface area contributed by atoms with Crippen molar-refractivity contribution in [2.24, 2.45) is 0 Å². The van der Waals surface area contributed by atoms with Crippen LogP contribution in [-0.2, 0) is 6.54 Å². The molecule has 0 amide bonds. The number of hydrogen-bond donors (Lipinski definition) is 2. The lowest BCUT2D eigenvalue weighted by Gasteiger charge is -2.04. The summed E-state index contributed by atoms with van der Waals surface area (Å²) in [7, 11) is 0. The standard InChI is InChI=1S/C9H13N3/c10-8-2-1-5-11-9(8)6-12-7-3-4-7/h1-2,5,7,12H,3-4,6,10H2. The Labute approximate surface area is 72.0 Å². The molecule has 1 aromatic heterocycles. The van der Waals surface area contributed by atoms with Crippen LogP contribution >= 0.6 is 0 Å². The van der Waals surface area contributed by atoms with E-state index in [2.05, 4.69) is 10.3 Å². The van der Waals surface area contributed by atoms with Crippen LogP contribution < -0.4 is 11.1 Å². The van der Waals surface area contributed by atoms with Crippen molar-refractivity contribution in [1.29, 1.82) is 0 Å². The quantitative estimate of drug-likeness (QED) is 0.696. The molecule has 64 valence electrons. The molecule has 2 rings (SSSR count).